The zero-order valence-corrected chi connectivity index (χ0v) is 70.8. The van der Waals surface area contributed by atoms with E-state index in [2.05, 4.69) is 41.5 Å². The lowest BCUT2D eigenvalue weighted by molar-refractivity contribution is -0.161. The number of hydrogen-bond donors (Lipinski definition) is 3. The van der Waals surface area contributed by atoms with Gasteiger partial charge in [-0.1, -0.05) is 408 Å². The van der Waals surface area contributed by atoms with Crippen molar-refractivity contribution in [1.29, 1.82) is 0 Å². The normalized spacial score (nSPS) is 13.8. The molecule has 0 bridgehead atoms. The van der Waals surface area contributed by atoms with Crippen molar-refractivity contribution in [2.45, 2.75) is 477 Å². The molecule has 0 aliphatic carbocycles. The van der Waals surface area contributed by atoms with Crippen molar-refractivity contribution in [2.75, 3.05) is 39.6 Å². The quantitative estimate of drug-likeness (QED) is 0.0222. The van der Waals surface area contributed by atoms with E-state index in [0.717, 1.165) is 102 Å². The number of rotatable bonds is 85. The van der Waals surface area contributed by atoms with Crippen molar-refractivity contribution in [2.24, 2.45) is 11.8 Å². The van der Waals surface area contributed by atoms with Crippen molar-refractivity contribution in [3.8, 4) is 0 Å². The molecule has 0 saturated carbocycles. The molecule has 0 radical (unpaired) electrons. The number of carbonyl (C=O) groups excluding carboxylic acids is 4. The van der Waals surface area contributed by atoms with Gasteiger partial charge in [0.15, 0.2) is 12.2 Å². The number of aliphatic hydroxyl groups excluding tert-OH is 1. The Morgan fingerprint density at radius 3 is 0.648 bits per heavy atom. The van der Waals surface area contributed by atoms with E-state index >= 15 is 0 Å². The number of phosphoric ester groups is 2. The molecule has 0 saturated heterocycles. The summed E-state index contributed by atoms with van der Waals surface area (Å²) in [5, 5.41) is 10.7. The molecule has 5 atom stereocenters. The van der Waals surface area contributed by atoms with Gasteiger partial charge in [0.25, 0.3) is 0 Å². The fourth-order valence-electron chi connectivity index (χ4n) is 13.4. The molecule has 0 spiro atoms. The number of esters is 4. The molecule has 0 fully saturated rings. The molecule has 0 aromatic carbocycles. The SMILES string of the molecule is CCCCCCCCCCCCCCCCCCCCCC(=O)O[C@H](COC(=O)CCCCCCCCCCCCCCCCCC(C)C)COP(=O)(O)OC[C@@H](O)COP(=O)(O)OC[C@@H](COC(=O)CCCCCCCCCC(C)C)OC(=O)CCCCCCCCCCCCCCCCCCCC. The Balaban J connectivity index is 5.23. The molecule has 0 heterocycles. The molecule has 0 aromatic rings. The van der Waals surface area contributed by atoms with Crippen molar-refractivity contribution in [3.63, 3.8) is 0 Å². The molecule has 624 valence electrons. The maximum atomic E-state index is 13.1. The maximum Gasteiger partial charge on any atom is 0.472 e. The van der Waals surface area contributed by atoms with E-state index in [1.807, 2.05) is 0 Å². The average molecular weight is 1540 g/mol. The van der Waals surface area contributed by atoms with Crippen LogP contribution in [-0.4, -0.2) is 96.7 Å². The second-order valence-electron chi connectivity index (χ2n) is 31.9. The second-order valence-corrected chi connectivity index (χ2v) is 34.8. The molecule has 0 aromatic heterocycles. The Hall–Kier alpha value is -1.94. The predicted molar refractivity (Wildman–Crippen MR) is 432 cm³/mol. The van der Waals surface area contributed by atoms with Crippen molar-refractivity contribution in [3.05, 3.63) is 0 Å². The molecule has 0 aliphatic heterocycles. The molecule has 17 nitrogen and oxygen atoms in total. The minimum atomic E-state index is -4.97. The lowest BCUT2D eigenvalue weighted by Crippen LogP contribution is -2.30. The Bertz CT molecular complexity index is 2010. The number of phosphoric acid groups is 2. The first-order valence-electron chi connectivity index (χ1n) is 44.5. The first-order chi connectivity index (χ1) is 50.9. The summed E-state index contributed by atoms with van der Waals surface area (Å²) >= 11 is 0. The van der Waals surface area contributed by atoms with E-state index in [4.69, 9.17) is 37.0 Å². The van der Waals surface area contributed by atoms with Gasteiger partial charge < -0.3 is 33.8 Å². The highest BCUT2D eigenvalue weighted by molar-refractivity contribution is 7.47. The Labute approximate surface area is 645 Å². The van der Waals surface area contributed by atoms with Crippen molar-refractivity contribution < 1.29 is 80.2 Å². The average Bonchev–Trinajstić information content (AvgIpc) is 0.912. The van der Waals surface area contributed by atoms with Crippen molar-refractivity contribution >= 4 is 39.5 Å². The summed E-state index contributed by atoms with van der Waals surface area (Å²) in [6, 6.07) is 0. The third kappa shape index (κ3) is 79.9. The fourth-order valence-corrected chi connectivity index (χ4v) is 15.0. The van der Waals surface area contributed by atoms with Gasteiger partial charge in [-0.25, -0.2) is 9.13 Å². The van der Waals surface area contributed by atoms with Gasteiger partial charge in [-0.15, -0.1) is 0 Å². The lowest BCUT2D eigenvalue weighted by atomic mass is 10.0. The van der Waals surface area contributed by atoms with Gasteiger partial charge in [0.05, 0.1) is 26.4 Å². The van der Waals surface area contributed by atoms with Gasteiger partial charge in [-0.2, -0.15) is 0 Å². The summed E-state index contributed by atoms with van der Waals surface area (Å²) in [5.74, 6) is -0.591. The standard InChI is InChI=1S/C86H168O17P2/c1-7-9-11-13-15-17-19-21-23-25-27-29-33-38-42-46-52-59-64-70-85(90)102-81(74-96-83(88)68-62-56-50-44-40-36-34-30-31-35-39-43-48-54-60-66-78(3)4)76-100-104(92,93)98-72-80(87)73-99-105(94,95)101-77-82(75-97-84(89)69-63-57-53-47-49-55-61-67-79(5)6)103-86(91)71-65-58-51-45-41-37-32-28-26-24-22-20-18-16-14-12-10-8-2/h78-82,87H,7-77H2,1-6H3,(H,92,93)(H,94,95)/t80-,81-,82-/m1/s1. The van der Waals surface area contributed by atoms with Crippen LogP contribution in [0.15, 0.2) is 0 Å². The first kappa shape index (κ1) is 103. The first-order valence-corrected chi connectivity index (χ1v) is 47.5. The van der Waals surface area contributed by atoms with Crippen LogP contribution in [0.5, 0.6) is 0 Å². The Morgan fingerprint density at radius 2 is 0.438 bits per heavy atom. The molecule has 0 amide bonds. The predicted octanol–water partition coefficient (Wildman–Crippen LogP) is 26.2. The number of ether oxygens (including phenoxy) is 4. The van der Waals surface area contributed by atoms with E-state index in [1.54, 1.807) is 0 Å². The molecule has 3 N–H and O–H groups in total. The second kappa shape index (κ2) is 77.4. The molecule has 0 aliphatic rings. The zero-order chi connectivity index (χ0) is 77.1. The summed E-state index contributed by atoms with van der Waals surface area (Å²) in [7, 11) is -9.93. The van der Waals surface area contributed by atoms with Gasteiger partial charge in [0.2, 0.25) is 0 Å². The highest BCUT2D eigenvalue weighted by atomic mass is 31.2. The monoisotopic (exact) mass is 1540 g/mol. The van der Waals surface area contributed by atoms with Crippen LogP contribution in [0.25, 0.3) is 0 Å². The van der Waals surface area contributed by atoms with Crippen LogP contribution in [0.3, 0.4) is 0 Å². The third-order valence-electron chi connectivity index (χ3n) is 20.2. The van der Waals surface area contributed by atoms with Gasteiger partial charge in [-0.3, -0.25) is 37.3 Å². The zero-order valence-electron chi connectivity index (χ0n) is 69.0. The molecule has 0 rings (SSSR count). The minimum absolute atomic E-state index is 0.108. The van der Waals surface area contributed by atoms with E-state index in [-0.39, 0.29) is 25.7 Å². The lowest BCUT2D eigenvalue weighted by Gasteiger charge is -2.21. The number of aliphatic hydroxyl groups is 1. The van der Waals surface area contributed by atoms with Crippen LogP contribution in [0, 0.1) is 11.8 Å². The topological polar surface area (TPSA) is 237 Å². The number of hydrogen-bond acceptors (Lipinski definition) is 15. The van der Waals surface area contributed by atoms with Crippen LogP contribution in [-0.2, 0) is 65.4 Å². The highest BCUT2D eigenvalue weighted by Crippen LogP contribution is 2.45. The maximum absolute atomic E-state index is 13.1. The van der Waals surface area contributed by atoms with Gasteiger partial charge >= 0.3 is 39.5 Å². The van der Waals surface area contributed by atoms with Gasteiger partial charge in [0, 0.05) is 25.7 Å². The van der Waals surface area contributed by atoms with E-state index < -0.39 is 97.5 Å². The molecule has 2 unspecified atom stereocenters. The van der Waals surface area contributed by atoms with Crippen LogP contribution in [0.2, 0.25) is 0 Å². The van der Waals surface area contributed by atoms with Crippen LogP contribution >= 0.6 is 15.6 Å². The van der Waals surface area contributed by atoms with Crippen LogP contribution in [0.4, 0.5) is 0 Å². The van der Waals surface area contributed by atoms with E-state index in [9.17, 15) is 43.2 Å². The smallest absolute Gasteiger partial charge is 0.462 e. The molecule has 19 heteroatoms. The third-order valence-corrected chi connectivity index (χ3v) is 22.1. The Morgan fingerprint density at radius 1 is 0.257 bits per heavy atom. The van der Waals surface area contributed by atoms with Gasteiger partial charge in [0.1, 0.15) is 19.3 Å². The van der Waals surface area contributed by atoms with Gasteiger partial charge in [-0.05, 0) is 37.5 Å². The summed E-state index contributed by atoms with van der Waals surface area (Å²) in [6.07, 6.45) is 69.5. The number of unbranched alkanes of at least 4 members (excludes halogenated alkanes) is 55. The molecular formula is C86H168O17P2. The summed E-state index contributed by atoms with van der Waals surface area (Å²) < 4.78 is 68.9. The largest absolute Gasteiger partial charge is 0.472 e. The van der Waals surface area contributed by atoms with E-state index in [1.165, 1.54) is 270 Å². The van der Waals surface area contributed by atoms with Crippen molar-refractivity contribution in [1.82, 2.24) is 0 Å². The molecular weight excluding hydrogens is 1370 g/mol. The summed E-state index contributed by atoms with van der Waals surface area (Å²) in [6.45, 7) is 9.65. The molecule has 105 heavy (non-hydrogen) atoms. The summed E-state index contributed by atoms with van der Waals surface area (Å²) in [5.41, 5.74) is 0. The van der Waals surface area contributed by atoms with Crippen LogP contribution < -0.4 is 0 Å². The van der Waals surface area contributed by atoms with E-state index in [0.29, 0.717) is 31.6 Å². The Kier molecular flexibility index (Phi) is 76.0. The highest BCUT2D eigenvalue weighted by Gasteiger charge is 2.30. The number of carbonyl (C=O) groups is 4. The summed E-state index contributed by atoms with van der Waals surface area (Å²) in [4.78, 5) is 73.2. The minimum Gasteiger partial charge on any atom is -0.462 e. The fraction of sp³-hybridized carbons (Fsp3) is 0.953. The van der Waals surface area contributed by atoms with Crippen LogP contribution in [0.1, 0.15) is 459 Å².